The van der Waals surface area contributed by atoms with E-state index in [0.29, 0.717) is 10.8 Å². The van der Waals surface area contributed by atoms with Crippen molar-refractivity contribution < 1.29 is 13.5 Å². The Morgan fingerprint density at radius 1 is 1.23 bits per heavy atom. The average Bonchev–Trinajstić information content (AvgIpc) is 2.91. The summed E-state index contributed by atoms with van der Waals surface area (Å²) in [5, 5.41) is 14.8. The summed E-state index contributed by atoms with van der Waals surface area (Å²) in [5.74, 6) is -0.257. The van der Waals surface area contributed by atoms with Gasteiger partial charge >= 0.3 is 0 Å². The third kappa shape index (κ3) is 4.91. The topological polar surface area (TPSA) is 66.4 Å². The van der Waals surface area contributed by atoms with E-state index < -0.39 is 15.9 Å². The molecule has 1 heterocycles. The minimum Gasteiger partial charge on any atom is -0.391 e. The van der Waals surface area contributed by atoms with Crippen LogP contribution >= 0.6 is 11.3 Å². The summed E-state index contributed by atoms with van der Waals surface area (Å²) >= 11 is 1.18. The molecule has 0 fully saturated rings. The van der Waals surface area contributed by atoms with Gasteiger partial charge in [-0.3, -0.25) is 0 Å². The van der Waals surface area contributed by atoms with Gasteiger partial charge < -0.3 is 10.4 Å². The second-order valence-corrected chi connectivity index (χ2v) is 8.70. The summed E-state index contributed by atoms with van der Waals surface area (Å²) in [6.07, 6.45) is -0.919. The van der Waals surface area contributed by atoms with Crippen molar-refractivity contribution in [2.24, 2.45) is 0 Å². The number of thiophene rings is 1. The molecule has 0 spiro atoms. The molecule has 1 aromatic carbocycles. The summed E-state index contributed by atoms with van der Waals surface area (Å²) in [7, 11) is -3.40. The minimum absolute atomic E-state index is 0.248. The Hall–Kier alpha value is -1.21. The first-order valence-corrected chi connectivity index (χ1v) is 9.62. The molecule has 2 aromatic rings. The van der Waals surface area contributed by atoms with Gasteiger partial charge in [-0.1, -0.05) is 35.4 Å². The minimum atomic E-state index is -3.40. The van der Waals surface area contributed by atoms with Crippen molar-refractivity contribution in [3.05, 3.63) is 52.4 Å². The first-order chi connectivity index (χ1) is 10.4. The Morgan fingerprint density at radius 2 is 1.91 bits per heavy atom. The van der Waals surface area contributed by atoms with Crippen LogP contribution in [0.3, 0.4) is 0 Å². The summed E-state index contributed by atoms with van der Waals surface area (Å²) in [6.45, 7) is 4.94. The van der Waals surface area contributed by atoms with E-state index in [4.69, 9.17) is 0 Å². The molecular weight excluding hydrogens is 318 g/mol. The van der Waals surface area contributed by atoms with Crippen LogP contribution in [0.2, 0.25) is 0 Å². The van der Waals surface area contributed by atoms with Crippen molar-refractivity contribution >= 4 is 21.2 Å². The van der Waals surface area contributed by atoms with E-state index in [2.05, 4.69) is 23.5 Å². The zero-order valence-corrected chi connectivity index (χ0v) is 14.4. The Bertz CT molecular complexity index is 689. The van der Waals surface area contributed by atoms with E-state index in [-0.39, 0.29) is 12.3 Å². The molecule has 1 unspecified atom stereocenters. The lowest BCUT2D eigenvalue weighted by molar-refractivity contribution is 0.193. The van der Waals surface area contributed by atoms with Crippen LogP contribution < -0.4 is 5.32 Å². The Balaban J connectivity index is 1.84. The van der Waals surface area contributed by atoms with Crippen molar-refractivity contribution in [2.75, 3.05) is 12.3 Å². The normalized spacial score (nSPS) is 13.2. The van der Waals surface area contributed by atoms with Gasteiger partial charge in [-0.15, -0.1) is 11.3 Å². The van der Waals surface area contributed by atoms with Crippen molar-refractivity contribution in [1.29, 1.82) is 0 Å². The molecule has 0 saturated carbocycles. The second-order valence-electron chi connectivity index (χ2n) is 5.49. The number of sulfone groups is 1. The van der Waals surface area contributed by atoms with Crippen molar-refractivity contribution in [1.82, 2.24) is 5.32 Å². The number of rotatable bonds is 7. The molecule has 0 amide bonds. The molecule has 22 heavy (non-hydrogen) atoms. The van der Waals surface area contributed by atoms with Crippen LogP contribution in [-0.2, 0) is 16.4 Å². The van der Waals surface area contributed by atoms with E-state index in [0.717, 1.165) is 5.56 Å². The second kappa shape index (κ2) is 7.37. The molecule has 1 atom stereocenters. The first kappa shape index (κ1) is 17.1. The molecule has 0 bridgehead atoms. The number of nitrogens with one attached hydrogen (secondary N) is 1. The highest BCUT2D eigenvalue weighted by atomic mass is 32.2. The molecular formula is C16H21NO3S2. The predicted octanol–water partition coefficient (Wildman–Crippen LogP) is 2.29. The monoisotopic (exact) mass is 339 g/mol. The summed E-state index contributed by atoms with van der Waals surface area (Å²) in [4.78, 5) is 0. The molecule has 2 N–H and O–H groups in total. The third-order valence-corrected chi connectivity index (χ3v) is 6.49. The van der Waals surface area contributed by atoms with E-state index >= 15 is 0 Å². The molecule has 0 saturated heterocycles. The summed E-state index contributed by atoms with van der Waals surface area (Å²) in [5.41, 5.74) is 3.51. The molecule has 120 valence electrons. The van der Waals surface area contributed by atoms with E-state index in [9.17, 15) is 13.5 Å². The number of aryl methyl sites for hydroxylation is 2. The van der Waals surface area contributed by atoms with Gasteiger partial charge in [0.2, 0.25) is 0 Å². The Morgan fingerprint density at radius 3 is 2.50 bits per heavy atom. The SMILES string of the molecule is Cc1cc(C)cc(CNCC(O)CS(=O)(=O)c2cccs2)c1. The van der Waals surface area contributed by atoms with E-state index in [1.54, 1.807) is 17.5 Å². The molecule has 6 heteroatoms. The maximum absolute atomic E-state index is 12.0. The summed E-state index contributed by atoms with van der Waals surface area (Å²) < 4.78 is 24.4. The zero-order valence-electron chi connectivity index (χ0n) is 12.7. The number of hydrogen-bond donors (Lipinski definition) is 2. The molecule has 0 aliphatic rings. The fourth-order valence-electron chi connectivity index (χ4n) is 2.39. The quantitative estimate of drug-likeness (QED) is 0.812. The lowest BCUT2D eigenvalue weighted by Crippen LogP contribution is -2.32. The molecule has 0 aliphatic heterocycles. The van der Waals surface area contributed by atoms with Gasteiger partial charge in [-0.25, -0.2) is 8.42 Å². The highest BCUT2D eigenvalue weighted by Gasteiger charge is 2.20. The van der Waals surface area contributed by atoms with Gasteiger partial charge in [-0.05, 0) is 30.9 Å². The molecule has 4 nitrogen and oxygen atoms in total. The number of aliphatic hydroxyl groups excluding tert-OH is 1. The van der Waals surface area contributed by atoms with Crippen LogP contribution in [0.1, 0.15) is 16.7 Å². The average molecular weight is 339 g/mol. The van der Waals surface area contributed by atoms with Crippen LogP contribution in [0.15, 0.2) is 39.9 Å². The van der Waals surface area contributed by atoms with Crippen molar-refractivity contribution in [3.8, 4) is 0 Å². The van der Waals surface area contributed by atoms with E-state index in [1.807, 2.05) is 13.8 Å². The van der Waals surface area contributed by atoms with Gasteiger partial charge in [0.15, 0.2) is 9.84 Å². The lowest BCUT2D eigenvalue weighted by atomic mass is 10.1. The standard InChI is InChI=1S/C16H21NO3S2/c1-12-6-13(2)8-14(7-12)9-17-10-15(18)11-22(19,20)16-4-3-5-21-16/h3-8,15,17-18H,9-11H2,1-2H3. The highest BCUT2D eigenvalue weighted by Crippen LogP contribution is 2.18. The van der Waals surface area contributed by atoms with Gasteiger partial charge in [0.1, 0.15) is 4.21 Å². The molecule has 1 aromatic heterocycles. The van der Waals surface area contributed by atoms with E-state index in [1.165, 1.54) is 22.5 Å². The van der Waals surface area contributed by atoms with Crippen LogP contribution in [-0.4, -0.2) is 31.9 Å². The zero-order chi connectivity index (χ0) is 16.2. The smallest absolute Gasteiger partial charge is 0.190 e. The van der Waals surface area contributed by atoms with Gasteiger partial charge in [0.05, 0.1) is 11.9 Å². The molecule has 0 aliphatic carbocycles. The molecule has 0 radical (unpaired) electrons. The first-order valence-electron chi connectivity index (χ1n) is 7.09. The maximum atomic E-state index is 12.0. The van der Waals surface area contributed by atoms with Crippen LogP contribution in [0.25, 0.3) is 0 Å². The predicted molar refractivity (Wildman–Crippen MR) is 90.0 cm³/mol. The Labute approximate surface area is 135 Å². The maximum Gasteiger partial charge on any atom is 0.190 e. The lowest BCUT2D eigenvalue weighted by Gasteiger charge is -2.12. The van der Waals surface area contributed by atoms with Crippen LogP contribution in [0, 0.1) is 13.8 Å². The summed E-state index contributed by atoms with van der Waals surface area (Å²) in [6, 6.07) is 9.52. The third-order valence-electron chi connectivity index (χ3n) is 3.20. The largest absolute Gasteiger partial charge is 0.391 e. The molecule has 2 rings (SSSR count). The fraction of sp³-hybridized carbons (Fsp3) is 0.375. The van der Waals surface area contributed by atoms with Gasteiger partial charge in [-0.2, -0.15) is 0 Å². The van der Waals surface area contributed by atoms with Crippen LogP contribution in [0.4, 0.5) is 0 Å². The van der Waals surface area contributed by atoms with Gasteiger partial charge in [0, 0.05) is 13.1 Å². The van der Waals surface area contributed by atoms with Crippen molar-refractivity contribution in [2.45, 2.75) is 30.7 Å². The van der Waals surface area contributed by atoms with Crippen molar-refractivity contribution in [3.63, 3.8) is 0 Å². The van der Waals surface area contributed by atoms with Crippen LogP contribution in [0.5, 0.6) is 0 Å². The Kier molecular flexibility index (Phi) is 5.74. The number of hydrogen-bond acceptors (Lipinski definition) is 5. The van der Waals surface area contributed by atoms with Gasteiger partial charge in [0.25, 0.3) is 0 Å². The number of aliphatic hydroxyl groups is 1. The highest BCUT2D eigenvalue weighted by molar-refractivity contribution is 7.93. The number of benzene rings is 1. The fourth-order valence-corrected chi connectivity index (χ4v) is 4.87.